The molecular formula is C15H23N3O2S. The first kappa shape index (κ1) is 14.8. The van der Waals surface area contributed by atoms with Crippen molar-refractivity contribution in [2.24, 2.45) is 11.8 Å². The summed E-state index contributed by atoms with van der Waals surface area (Å²) in [7, 11) is 1.75. The van der Waals surface area contributed by atoms with Crippen molar-refractivity contribution in [2.45, 2.75) is 44.8 Å². The first-order valence-electron chi connectivity index (χ1n) is 7.66. The summed E-state index contributed by atoms with van der Waals surface area (Å²) in [6.45, 7) is 2.44. The van der Waals surface area contributed by atoms with Crippen LogP contribution in [0.1, 0.15) is 41.6 Å². The topological polar surface area (TPSA) is 65.5 Å². The number of carbonyl (C=O) groups excluding carboxylic acids is 1. The van der Waals surface area contributed by atoms with E-state index < -0.39 is 0 Å². The molecule has 2 amide bonds. The molecule has 0 saturated heterocycles. The van der Waals surface area contributed by atoms with Crippen LogP contribution in [0.5, 0.6) is 0 Å². The largest absolute Gasteiger partial charge is 0.391 e. The van der Waals surface area contributed by atoms with E-state index in [1.54, 1.807) is 23.3 Å². The smallest absolute Gasteiger partial charge is 0.317 e. The zero-order chi connectivity index (χ0) is 15.0. The molecule has 1 aromatic rings. The van der Waals surface area contributed by atoms with Gasteiger partial charge in [-0.25, -0.2) is 9.78 Å². The summed E-state index contributed by atoms with van der Waals surface area (Å²) in [6, 6.07) is -0.0869. The lowest BCUT2D eigenvalue weighted by Gasteiger charge is -2.24. The molecule has 0 aliphatic heterocycles. The highest BCUT2D eigenvalue weighted by atomic mass is 32.1. The number of aliphatic hydroxyl groups is 1. The molecule has 3 rings (SSSR count). The molecular weight excluding hydrogens is 286 g/mol. The number of urea groups is 1. The highest BCUT2D eigenvalue weighted by Gasteiger charge is 2.36. The summed E-state index contributed by atoms with van der Waals surface area (Å²) in [6.07, 6.45) is 5.94. The van der Waals surface area contributed by atoms with Crippen LogP contribution in [0.15, 0.2) is 6.20 Å². The van der Waals surface area contributed by atoms with Crippen molar-refractivity contribution in [1.29, 1.82) is 0 Å². The summed E-state index contributed by atoms with van der Waals surface area (Å²) < 4.78 is 0. The maximum absolute atomic E-state index is 12.3. The number of nitrogens with zero attached hydrogens (tertiary/aromatic N) is 2. The Morgan fingerprint density at radius 3 is 2.67 bits per heavy atom. The number of hydrogen-bond acceptors (Lipinski definition) is 4. The van der Waals surface area contributed by atoms with Gasteiger partial charge in [0.15, 0.2) is 0 Å². The average Bonchev–Trinajstić information content (AvgIpc) is 3.34. The Balaban J connectivity index is 1.58. The third-order valence-electron chi connectivity index (χ3n) is 4.25. The fourth-order valence-corrected chi connectivity index (χ4v) is 3.48. The predicted molar refractivity (Wildman–Crippen MR) is 82.2 cm³/mol. The lowest BCUT2D eigenvalue weighted by atomic mass is 10.2. The molecule has 2 N–H and O–H groups in total. The van der Waals surface area contributed by atoms with Crippen molar-refractivity contribution in [3.63, 3.8) is 0 Å². The number of aromatic nitrogens is 1. The number of aliphatic hydroxyl groups excluding tert-OH is 1. The SMILES string of the molecule is Cc1cnc(C(NC(=O)N(C)CC(O)C2CC2)C2CC2)s1. The van der Waals surface area contributed by atoms with Crippen LogP contribution in [0.25, 0.3) is 0 Å². The van der Waals surface area contributed by atoms with Gasteiger partial charge in [0.2, 0.25) is 0 Å². The van der Waals surface area contributed by atoms with Gasteiger partial charge in [0.1, 0.15) is 5.01 Å². The van der Waals surface area contributed by atoms with Crippen LogP contribution in [0, 0.1) is 18.8 Å². The molecule has 2 atom stereocenters. The van der Waals surface area contributed by atoms with Gasteiger partial charge in [-0.1, -0.05) is 0 Å². The molecule has 0 bridgehead atoms. The van der Waals surface area contributed by atoms with Gasteiger partial charge in [0.05, 0.1) is 12.1 Å². The summed E-state index contributed by atoms with van der Waals surface area (Å²) in [5, 5.41) is 14.0. The highest BCUT2D eigenvalue weighted by Crippen LogP contribution is 2.42. The summed E-state index contributed by atoms with van der Waals surface area (Å²) in [5.41, 5.74) is 0. The Bertz CT molecular complexity index is 511. The van der Waals surface area contributed by atoms with E-state index in [9.17, 15) is 9.90 Å². The van der Waals surface area contributed by atoms with E-state index in [0.717, 1.165) is 30.7 Å². The maximum Gasteiger partial charge on any atom is 0.317 e. The average molecular weight is 309 g/mol. The second kappa shape index (κ2) is 5.93. The number of likely N-dealkylation sites (N-methyl/N-ethyl adjacent to an activating group) is 1. The fraction of sp³-hybridized carbons (Fsp3) is 0.733. The first-order valence-corrected chi connectivity index (χ1v) is 8.48. The van der Waals surface area contributed by atoms with E-state index in [2.05, 4.69) is 10.3 Å². The number of nitrogens with one attached hydrogen (secondary N) is 1. The van der Waals surface area contributed by atoms with Crippen molar-refractivity contribution >= 4 is 17.4 Å². The van der Waals surface area contributed by atoms with Crippen molar-refractivity contribution < 1.29 is 9.90 Å². The number of thiazole rings is 1. The minimum Gasteiger partial charge on any atom is -0.391 e. The molecule has 2 aliphatic rings. The molecule has 0 spiro atoms. The summed E-state index contributed by atoms with van der Waals surface area (Å²) >= 11 is 1.65. The molecule has 0 radical (unpaired) electrons. The van der Waals surface area contributed by atoms with Gasteiger partial charge in [0.25, 0.3) is 0 Å². The Hall–Kier alpha value is -1.14. The number of rotatable bonds is 6. The van der Waals surface area contributed by atoms with E-state index in [0.29, 0.717) is 18.4 Å². The quantitative estimate of drug-likeness (QED) is 0.847. The van der Waals surface area contributed by atoms with E-state index in [-0.39, 0.29) is 18.2 Å². The summed E-state index contributed by atoms with van der Waals surface area (Å²) in [5.74, 6) is 0.905. The number of hydrogen-bond donors (Lipinski definition) is 2. The van der Waals surface area contributed by atoms with Crippen molar-refractivity contribution in [1.82, 2.24) is 15.2 Å². The molecule has 2 unspecified atom stereocenters. The monoisotopic (exact) mass is 309 g/mol. The second-order valence-electron chi connectivity index (χ2n) is 6.36. The van der Waals surface area contributed by atoms with Gasteiger partial charge in [-0.05, 0) is 44.4 Å². The Kier molecular flexibility index (Phi) is 4.17. The number of aryl methyl sites for hydroxylation is 1. The Morgan fingerprint density at radius 2 is 2.14 bits per heavy atom. The zero-order valence-electron chi connectivity index (χ0n) is 12.6. The molecule has 6 heteroatoms. The van der Waals surface area contributed by atoms with Crippen molar-refractivity contribution in [3.05, 3.63) is 16.1 Å². The number of carbonyl (C=O) groups is 1. The maximum atomic E-state index is 12.3. The van der Waals surface area contributed by atoms with Crippen molar-refractivity contribution in [2.75, 3.05) is 13.6 Å². The Morgan fingerprint density at radius 1 is 1.48 bits per heavy atom. The first-order chi connectivity index (χ1) is 10.0. The molecule has 2 saturated carbocycles. The molecule has 116 valence electrons. The minimum absolute atomic E-state index is 0.0247. The number of amides is 2. The van der Waals surface area contributed by atoms with Crippen LogP contribution in [0.2, 0.25) is 0 Å². The molecule has 2 fully saturated rings. The molecule has 1 aromatic heterocycles. The molecule has 1 heterocycles. The molecule has 0 aromatic carbocycles. The van der Waals surface area contributed by atoms with Gasteiger partial charge in [0, 0.05) is 24.7 Å². The fourth-order valence-electron chi connectivity index (χ4n) is 2.56. The van der Waals surface area contributed by atoms with Crippen molar-refractivity contribution in [3.8, 4) is 0 Å². The van der Waals surface area contributed by atoms with Crippen LogP contribution in [-0.2, 0) is 0 Å². The van der Waals surface area contributed by atoms with E-state index in [1.807, 2.05) is 13.1 Å². The van der Waals surface area contributed by atoms with E-state index in [1.165, 1.54) is 4.88 Å². The molecule has 2 aliphatic carbocycles. The normalized spacial score (nSPS) is 20.9. The molecule has 5 nitrogen and oxygen atoms in total. The lowest BCUT2D eigenvalue weighted by Crippen LogP contribution is -2.43. The van der Waals surface area contributed by atoms with Crippen LogP contribution in [0.4, 0.5) is 4.79 Å². The minimum atomic E-state index is -0.387. The third-order valence-corrected chi connectivity index (χ3v) is 5.25. The lowest BCUT2D eigenvalue weighted by molar-refractivity contribution is 0.112. The molecule has 21 heavy (non-hydrogen) atoms. The van der Waals surface area contributed by atoms with Crippen LogP contribution >= 0.6 is 11.3 Å². The predicted octanol–water partition coefficient (Wildman–Crippen LogP) is 2.31. The zero-order valence-corrected chi connectivity index (χ0v) is 13.4. The third kappa shape index (κ3) is 3.74. The van der Waals surface area contributed by atoms with Crippen LogP contribution < -0.4 is 5.32 Å². The van der Waals surface area contributed by atoms with Gasteiger partial charge in [-0.3, -0.25) is 0 Å². The van der Waals surface area contributed by atoms with Gasteiger partial charge in [-0.15, -0.1) is 11.3 Å². The van der Waals surface area contributed by atoms with Gasteiger partial charge < -0.3 is 15.3 Å². The second-order valence-corrected chi connectivity index (χ2v) is 7.63. The van der Waals surface area contributed by atoms with Gasteiger partial charge >= 0.3 is 6.03 Å². The van der Waals surface area contributed by atoms with Crippen LogP contribution in [0.3, 0.4) is 0 Å². The van der Waals surface area contributed by atoms with Crippen LogP contribution in [-0.4, -0.2) is 40.7 Å². The van der Waals surface area contributed by atoms with E-state index in [4.69, 9.17) is 0 Å². The van der Waals surface area contributed by atoms with Gasteiger partial charge in [-0.2, -0.15) is 0 Å². The van der Waals surface area contributed by atoms with E-state index >= 15 is 0 Å². The Labute approximate surface area is 129 Å². The summed E-state index contributed by atoms with van der Waals surface area (Å²) in [4.78, 5) is 19.5. The highest BCUT2D eigenvalue weighted by molar-refractivity contribution is 7.11. The standard InChI is InChI=1S/C15H23N3O2S/c1-9-7-16-14(21-9)13(11-5-6-11)17-15(20)18(2)8-12(19)10-3-4-10/h7,10-13,19H,3-6,8H2,1-2H3,(H,17,20).